The maximum atomic E-state index is 12.5. The number of hydrogen-bond donors (Lipinski definition) is 1. The first-order valence-electron chi connectivity index (χ1n) is 7.83. The van der Waals surface area contributed by atoms with Crippen LogP contribution in [-0.4, -0.2) is 26.7 Å². The number of aryl methyl sites for hydroxylation is 2. The standard InChI is InChI=1S/C17H16N4O2S/c1-21-15(22)9-10-8-11(6-7-12(10)20-21)18-16(23)17-19-13-4-2-3-5-14(13)24-17/h2-5,9,11H,6-8H2,1H3,(H,18,23). The second-order valence-electron chi connectivity index (χ2n) is 5.98. The zero-order valence-corrected chi connectivity index (χ0v) is 14.0. The maximum Gasteiger partial charge on any atom is 0.280 e. The number of amides is 1. The molecule has 0 radical (unpaired) electrons. The number of para-hydroxylation sites is 1. The minimum atomic E-state index is -0.151. The molecule has 0 aliphatic heterocycles. The molecule has 0 saturated heterocycles. The van der Waals surface area contributed by atoms with Crippen molar-refractivity contribution in [3.8, 4) is 0 Å². The lowest BCUT2D eigenvalue weighted by atomic mass is 9.92. The van der Waals surface area contributed by atoms with Gasteiger partial charge >= 0.3 is 0 Å². The fourth-order valence-electron chi connectivity index (χ4n) is 3.03. The fourth-order valence-corrected chi connectivity index (χ4v) is 3.89. The molecule has 24 heavy (non-hydrogen) atoms. The summed E-state index contributed by atoms with van der Waals surface area (Å²) in [7, 11) is 1.66. The number of nitrogens with zero attached hydrogens (tertiary/aromatic N) is 3. The molecular formula is C17H16N4O2S. The van der Waals surface area contributed by atoms with Gasteiger partial charge in [0.2, 0.25) is 0 Å². The molecule has 6 nitrogen and oxygen atoms in total. The van der Waals surface area contributed by atoms with Gasteiger partial charge in [0, 0.05) is 19.2 Å². The van der Waals surface area contributed by atoms with E-state index in [0.29, 0.717) is 11.4 Å². The van der Waals surface area contributed by atoms with Gasteiger partial charge in [-0.05, 0) is 37.0 Å². The molecule has 0 spiro atoms. The van der Waals surface area contributed by atoms with Crippen LogP contribution < -0.4 is 10.9 Å². The van der Waals surface area contributed by atoms with Crippen molar-refractivity contribution in [2.24, 2.45) is 7.05 Å². The van der Waals surface area contributed by atoms with Crippen molar-refractivity contribution in [2.45, 2.75) is 25.3 Å². The number of fused-ring (bicyclic) bond motifs is 2. The van der Waals surface area contributed by atoms with Gasteiger partial charge in [-0.2, -0.15) is 5.10 Å². The van der Waals surface area contributed by atoms with E-state index in [1.165, 1.54) is 16.0 Å². The van der Waals surface area contributed by atoms with Gasteiger partial charge in [0.15, 0.2) is 5.01 Å². The molecule has 1 aliphatic rings. The summed E-state index contributed by atoms with van der Waals surface area (Å²) >= 11 is 1.40. The minimum absolute atomic E-state index is 0.00548. The molecule has 1 aromatic carbocycles. The Balaban J connectivity index is 1.52. The van der Waals surface area contributed by atoms with Crippen LogP contribution in [0.4, 0.5) is 0 Å². The van der Waals surface area contributed by atoms with Crippen LogP contribution in [0.25, 0.3) is 10.2 Å². The Kier molecular flexibility index (Phi) is 3.65. The van der Waals surface area contributed by atoms with E-state index in [1.807, 2.05) is 24.3 Å². The van der Waals surface area contributed by atoms with Gasteiger partial charge in [-0.3, -0.25) is 9.59 Å². The van der Waals surface area contributed by atoms with Gasteiger partial charge in [-0.25, -0.2) is 9.67 Å². The molecule has 1 atom stereocenters. The summed E-state index contributed by atoms with van der Waals surface area (Å²) in [5.41, 5.74) is 2.60. The Hall–Kier alpha value is -2.54. The SMILES string of the molecule is Cn1nc2c(cc1=O)CC(NC(=O)c1nc3ccccc3s1)CC2. The Morgan fingerprint density at radius 3 is 3.04 bits per heavy atom. The Labute approximate surface area is 142 Å². The molecule has 0 fully saturated rings. The average molecular weight is 340 g/mol. The zero-order valence-electron chi connectivity index (χ0n) is 13.2. The molecule has 2 heterocycles. The first kappa shape index (κ1) is 15.0. The minimum Gasteiger partial charge on any atom is -0.347 e. The number of benzene rings is 1. The second-order valence-corrected chi connectivity index (χ2v) is 7.01. The van der Waals surface area contributed by atoms with Gasteiger partial charge in [-0.1, -0.05) is 12.1 Å². The van der Waals surface area contributed by atoms with Gasteiger partial charge in [0.1, 0.15) is 0 Å². The van der Waals surface area contributed by atoms with Crippen LogP contribution in [0.1, 0.15) is 27.5 Å². The maximum absolute atomic E-state index is 12.5. The van der Waals surface area contributed by atoms with Crippen LogP contribution in [-0.2, 0) is 19.9 Å². The fraction of sp³-hybridized carbons (Fsp3) is 0.294. The van der Waals surface area contributed by atoms with E-state index < -0.39 is 0 Å². The van der Waals surface area contributed by atoms with Crippen LogP contribution in [0.3, 0.4) is 0 Å². The molecule has 0 saturated carbocycles. The number of rotatable bonds is 2. The Bertz CT molecular complexity index is 959. The van der Waals surface area contributed by atoms with E-state index in [2.05, 4.69) is 15.4 Å². The van der Waals surface area contributed by atoms with E-state index in [-0.39, 0.29) is 17.5 Å². The van der Waals surface area contributed by atoms with E-state index in [9.17, 15) is 9.59 Å². The van der Waals surface area contributed by atoms with E-state index in [1.54, 1.807) is 13.1 Å². The van der Waals surface area contributed by atoms with Crippen molar-refractivity contribution in [1.29, 1.82) is 0 Å². The summed E-state index contributed by atoms with van der Waals surface area (Å²) in [4.78, 5) is 28.6. The van der Waals surface area contributed by atoms with E-state index in [4.69, 9.17) is 0 Å². The quantitative estimate of drug-likeness (QED) is 0.770. The number of carbonyl (C=O) groups is 1. The highest BCUT2D eigenvalue weighted by Gasteiger charge is 2.23. The lowest BCUT2D eigenvalue weighted by Crippen LogP contribution is -2.40. The van der Waals surface area contributed by atoms with Gasteiger partial charge in [0.25, 0.3) is 11.5 Å². The summed E-state index contributed by atoms with van der Waals surface area (Å²) in [6, 6.07) is 9.34. The highest BCUT2D eigenvalue weighted by Crippen LogP contribution is 2.23. The number of hydrogen-bond acceptors (Lipinski definition) is 5. The van der Waals surface area contributed by atoms with Crippen molar-refractivity contribution >= 4 is 27.5 Å². The second kappa shape index (κ2) is 5.83. The number of aromatic nitrogens is 3. The van der Waals surface area contributed by atoms with E-state index in [0.717, 1.165) is 34.3 Å². The van der Waals surface area contributed by atoms with Gasteiger partial charge in [-0.15, -0.1) is 11.3 Å². The lowest BCUT2D eigenvalue weighted by Gasteiger charge is -2.24. The number of nitrogens with one attached hydrogen (secondary N) is 1. The van der Waals surface area contributed by atoms with Crippen molar-refractivity contribution < 1.29 is 4.79 Å². The molecule has 7 heteroatoms. The van der Waals surface area contributed by atoms with Crippen LogP contribution in [0.15, 0.2) is 35.1 Å². The Morgan fingerprint density at radius 1 is 1.38 bits per heavy atom. The molecule has 2 aromatic heterocycles. The van der Waals surface area contributed by atoms with Gasteiger partial charge in [0.05, 0.1) is 15.9 Å². The number of thiazole rings is 1. The molecule has 0 bridgehead atoms. The molecule has 122 valence electrons. The summed E-state index contributed by atoms with van der Waals surface area (Å²) in [5.74, 6) is -0.151. The third kappa shape index (κ3) is 2.71. The van der Waals surface area contributed by atoms with Crippen molar-refractivity contribution in [2.75, 3.05) is 0 Å². The monoisotopic (exact) mass is 340 g/mol. The normalized spacial score (nSPS) is 16.8. The largest absolute Gasteiger partial charge is 0.347 e. The molecule has 1 aliphatic carbocycles. The van der Waals surface area contributed by atoms with Crippen molar-refractivity contribution in [1.82, 2.24) is 20.1 Å². The highest BCUT2D eigenvalue weighted by molar-refractivity contribution is 7.20. The number of carbonyl (C=O) groups excluding carboxylic acids is 1. The van der Waals surface area contributed by atoms with E-state index >= 15 is 0 Å². The summed E-state index contributed by atoms with van der Waals surface area (Å²) in [5, 5.41) is 7.81. The van der Waals surface area contributed by atoms with Gasteiger partial charge < -0.3 is 5.32 Å². The predicted octanol–water partition coefficient (Wildman–Crippen LogP) is 1.68. The molecule has 3 aromatic rings. The van der Waals surface area contributed by atoms with Crippen LogP contribution in [0.2, 0.25) is 0 Å². The van der Waals surface area contributed by atoms with Crippen molar-refractivity contribution in [3.05, 3.63) is 57.0 Å². The summed E-state index contributed by atoms with van der Waals surface area (Å²) in [6.07, 6.45) is 2.21. The zero-order chi connectivity index (χ0) is 16.7. The molecule has 1 unspecified atom stereocenters. The summed E-state index contributed by atoms with van der Waals surface area (Å²) < 4.78 is 2.36. The topological polar surface area (TPSA) is 76.9 Å². The predicted molar refractivity (Wildman–Crippen MR) is 92.4 cm³/mol. The first-order chi connectivity index (χ1) is 11.6. The molecular weight excluding hydrogens is 324 g/mol. The summed E-state index contributed by atoms with van der Waals surface area (Å²) in [6.45, 7) is 0. The van der Waals surface area contributed by atoms with Crippen LogP contribution >= 0.6 is 11.3 Å². The molecule has 4 rings (SSSR count). The molecule has 1 N–H and O–H groups in total. The smallest absolute Gasteiger partial charge is 0.280 e. The van der Waals surface area contributed by atoms with Crippen molar-refractivity contribution in [3.63, 3.8) is 0 Å². The third-order valence-electron chi connectivity index (χ3n) is 4.28. The van der Waals surface area contributed by atoms with Crippen LogP contribution in [0, 0.1) is 0 Å². The first-order valence-corrected chi connectivity index (χ1v) is 8.64. The highest BCUT2D eigenvalue weighted by atomic mass is 32.1. The molecule has 1 amide bonds. The average Bonchev–Trinajstić information content (AvgIpc) is 3.00. The Morgan fingerprint density at radius 2 is 2.21 bits per heavy atom. The third-order valence-corrected chi connectivity index (χ3v) is 5.31. The van der Waals surface area contributed by atoms with Crippen LogP contribution in [0.5, 0.6) is 0 Å². The lowest BCUT2D eigenvalue weighted by molar-refractivity contribution is 0.0933.